The second kappa shape index (κ2) is 7.99. The Morgan fingerprint density at radius 3 is 2.62 bits per heavy atom. The Labute approximate surface area is 144 Å². The summed E-state index contributed by atoms with van der Waals surface area (Å²) in [4.78, 5) is 14.7. The minimum absolute atomic E-state index is 0.0386. The predicted molar refractivity (Wildman–Crippen MR) is 93.2 cm³/mol. The summed E-state index contributed by atoms with van der Waals surface area (Å²) in [6, 6.07) is 8.13. The average Bonchev–Trinajstić information content (AvgIpc) is 2.63. The number of carbonyl (C=O) groups excluding carboxylic acids is 1. The molecule has 0 spiro atoms. The van der Waals surface area contributed by atoms with E-state index in [-0.39, 0.29) is 18.1 Å². The van der Waals surface area contributed by atoms with Crippen LogP contribution in [0.4, 0.5) is 0 Å². The zero-order valence-corrected chi connectivity index (χ0v) is 14.7. The maximum absolute atomic E-state index is 12.7. The molecule has 0 radical (unpaired) electrons. The van der Waals surface area contributed by atoms with Crippen molar-refractivity contribution in [3.05, 3.63) is 29.8 Å². The maximum atomic E-state index is 12.7. The summed E-state index contributed by atoms with van der Waals surface area (Å²) < 4.78 is 10.8. The molecule has 2 saturated heterocycles. The van der Waals surface area contributed by atoms with Gasteiger partial charge < -0.3 is 19.7 Å². The number of methoxy groups -OCH3 is 1. The average molecular weight is 332 g/mol. The Balaban J connectivity index is 1.48. The third kappa shape index (κ3) is 4.08. The molecule has 1 amide bonds. The number of amides is 1. The Morgan fingerprint density at radius 2 is 2.00 bits per heavy atom. The highest BCUT2D eigenvalue weighted by atomic mass is 16.5. The van der Waals surface area contributed by atoms with Gasteiger partial charge in [-0.2, -0.15) is 0 Å². The van der Waals surface area contributed by atoms with Crippen molar-refractivity contribution in [1.29, 1.82) is 0 Å². The summed E-state index contributed by atoms with van der Waals surface area (Å²) in [6.45, 7) is 5.13. The van der Waals surface area contributed by atoms with Crippen LogP contribution in [0.5, 0.6) is 5.75 Å². The van der Waals surface area contributed by atoms with E-state index in [9.17, 15) is 4.79 Å². The molecule has 2 aliphatic heterocycles. The van der Waals surface area contributed by atoms with Gasteiger partial charge in [-0.15, -0.1) is 0 Å². The summed E-state index contributed by atoms with van der Waals surface area (Å²) >= 11 is 0. The van der Waals surface area contributed by atoms with Gasteiger partial charge in [0.15, 0.2) is 0 Å². The van der Waals surface area contributed by atoms with Crippen molar-refractivity contribution >= 4 is 5.91 Å². The lowest BCUT2D eigenvalue weighted by Crippen LogP contribution is -2.57. The summed E-state index contributed by atoms with van der Waals surface area (Å²) in [5.41, 5.74) is 1.34. The third-order valence-corrected chi connectivity index (χ3v) is 5.19. The van der Waals surface area contributed by atoms with Gasteiger partial charge in [-0.05, 0) is 49.8 Å². The molecule has 0 saturated carbocycles. The van der Waals surface area contributed by atoms with Crippen molar-refractivity contribution in [3.8, 4) is 5.75 Å². The van der Waals surface area contributed by atoms with Crippen molar-refractivity contribution in [2.45, 2.75) is 38.3 Å². The van der Waals surface area contributed by atoms with E-state index in [1.165, 1.54) is 5.56 Å². The number of morpholine rings is 1. The van der Waals surface area contributed by atoms with Crippen molar-refractivity contribution < 1.29 is 14.3 Å². The van der Waals surface area contributed by atoms with Gasteiger partial charge in [0.05, 0.1) is 19.8 Å². The number of nitrogens with one attached hydrogen (secondary N) is 1. The number of rotatable bonds is 4. The lowest BCUT2D eigenvalue weighted by atomic mass is 9.89. The number of hydrogen-bond donors (Lipinski definition) is 1. The van der Waals surface area contributed by atoms with Crippen LogP contribution in [-0.2, 0) is 16.0 Å². The first-order chi connectivity index (χ1) is 11.7. The predicted octanol–water partition coefficient (Wildman–Crippen LogP) is 1.85. The highest BCUT2D eigenvalue weighted by molar-refractivity contribution is 5.82. The molecule has 1 N–H and O–H groups in total. The topological polar surface area (TPSA) is 50.8 Å². The van der Waals surface area contributed by atoms with Crippen molar-refractivity contribution in [2.75, 3.05) is 33.4 Å². The Kier molecular flexibility index (Phi) is 5.74. The smallest absolute Gasteiger partial charge is 0.242 e. The molecule has 5 heteroatoms. The number of piperidine rings is 1. The van der Waals surface area contributed by atoms with Gasteiger partial charge in [-0.3, -0.25) is 4.79 Å². The van der Waals surface area contributed by atoms with E-state index in [4.69, 9.17) is 9.47 Å². The molecule has 1 aromatic carbocycles. The number of hydrogen-bond acceptors (Lipinski definition) is 4. The second-order valence-electron chi connectivity index (χ2n) is 6.83. The van der Waals surface area contributed by atoms with E-state index in [1.54, 1.807) is 7.11 Å². The lowest BCUT2D eigenvalue weighted by molar-refractivity contribution is -0.140. The van der Waals surface area contributed by atoms with E-state index in [0.29, 0.717) is 12.5 Å². The van der Waals surface area contributed by atoms with Crippen molar-refractivity contribution in [2.24, 2.45) is 5.92 Å². The fraction of sp³-hybridized carbons (Fsp3) is 0.632. The van der Waals surface area contributed by atoms with Gasteiger partial charge in [0, 0.05) is 19.6 Å². The van der Waals surface area contributed by atoms with Crippen LogP contribution in [0, 0.1) is 5.92 Å². The normalized spacial score (nSPS) is 25.5. The summed E-state index contributed by atoms with van der Waals surface area (Å²) in [7, 11) is 1.69. The summed E-state index contributed by atoms with van der Waals surface area (Å²) in [5.74, 6) is 1.75. The van der Waals surface area contributed by atoms with Gasteiger partial charge in [-0.25, -0.2) is 0 Å². The van der Waals surface area contributed by atoms with Crippen LogP contribution in [-0.4, -0.2) is 56.3 Å². The molecular weight excluding hydrogens is 304 g/mol. The maximum Gasteiger partial charge on any atom is 0.242 e. The molecule has 3 rings (SSSR count). The fourth-order valence-corrected chi connectivity index (χ4v) is 3.66. The first-order valence-electron chi connectivity index (χ1n) is 8.94. The van der Waals surface area contributed by atoms with Gasteiger partial charge >= 0.3 is 0 Å². The summed E-state index contributed by atoms with van der Waals surface area (Å²) in [5, 5.41) is 3.30. The highest BCUT2D eigenvalue weighted by Gasteiger charge is 2.33. The van der Waals surface area contributed by atoms with E-state index in [1.807, 2.05) is 24.0 Å². The Bertz CT molecular complexity index is 538. The van der Waals surface area contributed by atoms with Crippen molar-refractivity contribution in [1.82, 2.24) is 10.2 Å². The minimum atomic E-state index is -0.183. The van der Waals surface area contributed by atoms with Gasteiger partial charge in [-0.1, -0.05) is 12.1 Å². The largest absolute Gasteiger partial charge is 0.497 e. The van der Waals surface area contributed by atoms with Gasteiger partial charge in [0.25, 0.3) is 0 Å². The molecule has 2 aliphatic rings. The minimum Gasteiger partial charge on any atom is -0.497 e. The van der Waals surface area contributed by atoms with Crippen molar-refractivity contribution in [3.63, 3.8) is 0 Å². The van der Waals surface area contributed by atoms with Gasteiger partial charge in [0.2, 0.25) is 5.91 Å². The molecule has 2 fully saturated rings. The van der Waals surface area contributed by atoms with Crippen LogP contribution in [0.25, 0.3) is 0 Å². The van der Waals surface area contributed by atoms with Crippen LogP contribution in [0.2, 0.25) is 0 Å². The Morgan fingerprint density at radius 1 is 1.29 bits per heavy atom. The zero-order valence-electron chi connectivity index (χ0n) is 14.7. The van der Waals surface area contributed by atoms with Crippen LogP contribution in [0.15, 0.2) is 24.3 Å². The molecule has 2 atom stereocenters. The zero-order chi connectivity index (χ0) is 16.9. The quantitative estimate of drug-likeness (QED) is 0.914. The number of carbonyl (C=O) groups is 1. The number of benzene rings is 1. The molecule has 1 aromatic rings. The molecule has 0 unspecified atom stereocenters. The van der Waals surface area contributed by atoms with Crippen LogP contribution in [0.1, 0.15) is 25.3 Å². The van der Waals surface area contributed by atoms with E-state index in [0.717, 1.165) is 44.6 Å². The van der Waals surface area contributed by atoms with Gasteiger partial charge in [0.1, 0.15) is 11.8 Å². The molecule has 0 aliphatic carbocycles. The number of likely N-dealkylation sites (tertiary alicyclic amines) is 1. The first-order valence-corrected chi connectivity index (χ1v) is 8.94. The van der Waals surface area contributed by atoms with Crippen LogP contribution < -0.4 is 10.1 Å². The third-order valence-electron chi connectivity index (χ3n) is 5.19. The molecule has 132 valence electrons. The fourth-order valence-electron chi connectivity index (χ4n) is 3.66. The molecule has 0 bridgehead atoms. The second-order valence-corrected chi connectivity index (χ2v) is 6.83. The first kappa shape index (κ1) is 17.2. The molecule has 24 heavy (non-hydrogen) atoms. The SMILES string of the molecule is COc1ccc(CC2CCN(C(=O)[C@H]3NCCO[C@@H]3C)CC2)cc1. The summed E-state index contributed by atoms with van der Waals surface area (Å²) in [6.07, 6.45) is 3.18. The Hall–Kier alpha value is -1.59. The van der Waals surface area contributed by atoms with Crippen LogP contribution in [0.3, 0.4) is 0 Å². The molecule has 5 nitrogen and oxygen atoms in total. The number of nitrogens with zero attached hydrogens (tertiary/aromatic N) is 1. The number of ether oxygens (including phenoxy) is 2. The van der Waals surface area contributed by atoms with E-state index >= 15 is 0 Å². The highest BCUT2D eigenvalue weighted by Crippen LogP contribution is 2.24. The molecule has 0 aromatic heterocycles. The molecule has 2 heterocycles. The molecular formula is C19H28N2O3. The van der Waals surface area contributed by atoms with E-state index < -0.39 is 0 Å². The van der Waals surface area contributed by atoms with Crippen LogP contribution >= 0.6 is 0 Å². The standard InChI is InChI=1S/C19H28N2O3/c1-14-18(20-9-12-24-14)19(22)21-10-7-16(8-11-21)13-15-3-5-17(23-2)6-4-15/h3-6,14,16,18,20H,7-13H2,1-2H3/t14-,18+/m1/s1. The monoisotopic (exact) mass is 332 g/mol. The lowest BCUT2D eigenvalue weighted by Gasteiger charge is -2.37. The van der Waals surface area contributed by atoms with E-state index in [2.05, 4.69) is 17.4 Å².